The third kappa shape index (κ3) is 5.03. The molecule has 1 aliphatic heterocycles. The van der Waals surface area contributed by atoms with Gasteiger partial charge in [0.2, 0.25) is 0 Å². The number of amides is 2. The van der Waals surface area contributed by atoms with Crippen LogP contribution in [0.3, 0.4) is 0 Å². The Morgan fingerprint density at radius 1 is 1.30 bits per heavy atom. The molecule has 0 aliphatic carbocycles. The molecule has 0 fully saturated rings. The number of thioether (sulfide) groups is 2. The van der Waals surface area contributed by atoms with Crippen LogP contribution in [0.5, 0.6) is 0 Å². The summed E-state index contributed by atoms with van der Waals surface area (Å²) in [4.78, 5) is 25.7. The smallest absolute Gasteiger partial charge is 0.338 e. The predicted octanol–water partition coefficient (Wildman–Crippen LogP) is 3.68. The number of ether oxygens (including phenoxy) is 1. The van der Waals surface area contributed by atoms with E-state index in [1.165, 1.54) is 34.4 Å². The van der Waals surface area contributed by atoms with Crippen molar-refractivity contribution < 1.29 is 14.3 Å². The summed E-state index contributed by atoms with van der Waals surface area (Å²) in [6.45, 7) is 4.09. The highest BCUT2D eigenvalue weighted by molar-refractivity contribution is 8.03. The van der Waals surface area contributed by atoms with Crippen LogP contribution in [0.15, 0.2) is 37.5 Å². The van der Waals surface area contributed by atoms with Crippen molar-refractivity contribution in [2.45, 2.75) is 28.6 Å². The fraction of sp³-hybridized carbons (Fsp3) is 0.375. The number of hydrogen-bond donors (Lipinski definition) is 2. The van der Waals surface area contributed by atoms with E-state index in [1.807, 2.05) is 17.5 Å². The molecule has 2 aromatic rings. The zero-order valence-electron chi connectivity index (χ0n) is 14.7. The summed E-state index contributed by atoms with van der Waals surface area (Å²) in [5, 5.41) is 15.8. The van der Waals surface area contributed by atoms with E-state index in [4.69, 9.17) is 4.74 Å². The van der Waals surface area contributed by atoms with Gasteiger partial charge in [0.15, 0.2) is 8.68 Å². The van der Waals surface area contributed by atoms with Gasteiger partial charge in [0.25, 0.3) is 0 Å². The summed E-state index contributed by atoms with van der Waals surface area (Å²) < 4.78 is 6.94. The Kier molecular flexibility index (Phi) is 7.16. The van der Waals surface area contributed by atoms with Crippen molar-refractivity contribution in [3.05, 3.63) is 33.7 Å². The number of urea groups is 1. The molecule has 3 rings (SSSR count). The minimum atomic E-state index is -0.519. The second-order valence-electron chi connectivity index (χ2n) is 5.22. The maximum absolute atomic E-state index is 12.6. The molecule has 1 aliphatic rings. The van der Waals surface area contributed by atoms with Crippen molar-refractivity contribution in [2.75, 3.05) is 18.1 Å². The standard InChI is InChI=1S/C16H18N4O3S4/c1-3-23-13(21)11-9(8-26-16-20-19-15(27-16)24-4-2)17-14(22)18-12(11)10-6-5-7-25-10/h5-7,12H,3-4,8H2,1-2H3,(H2,17,18,22). The molecule has 27 heavy (non-hydrogen) atoms. The van der Waals surface area contributed by atoms with E-state index < -0.39 is 12.0 Å². The van der Waals surface area contributed by atoms with Gasteiger partial charge >= 0.3 is 12.0 Å². The largest absolute Gasteiger partial charge is 0.463 e. The molecule has 11 heteroatoms. The molecule has 2 amide bonds. The Morgan fingerprint density at radius 2 is 2.07 bits per heavy atom. The van der Waals surface area contributed by atoms with E-state index >= 15 is 0 Å². The Hall–Kier alpha value is -1.56. The number of carbonyl (C=O) groups is 2. The Labute approximate surface area is 173 Å². The van der Waals surface area contributed by atoms with Crippen LogP contribution in [-0.4, -0.2) is 40.3 Å². The molecule has 0 spiro atoms. The van der Waals surface area contributed by atoms with Gasteiger partial charge in [-0.05, 0) is 24.1 Å². The first kappa shape index (κ1) is 20.2. The maximum Gasteiger partial charge on any atom is 0.338 e. The van der Waals surface area contributed by atoms with Gasteiger partial charge in [-0.3, -0.25) is 0 Å². The molecule has 0 aromatic carbocycles. The van der Waals surface area contributed by atoms with Crippen LogP contribution in [0.25, 0.3) is 0 Å². The van der Waals surface area contributed by atoms with Crippen LogP contribution in [0.4, 0.5) is 4.79 Å². The molecule has 0 saturated carbocycles. The van der Waals surface area contributed by atoms with Crippen molar-refractivity contribution >= 4 is 58.2 Å². The Morgan fingerprint density at radius 3 is 2.74 bits per heavy atom. The van der Waals surface area contributed by atoms with E-state index in [2.05, 4.69) is 27.8 Å². The quantitative estimate of drug-likeness (QED) is 0.476. The number of nitrogens with one attached hydrogen (secondary N) is 2. The van der Waals surface area contributed by atoms with Gasteiger partial charge in [0.1, 0.15) is 0 Å². The topological polar surface area (TPSA) is 93.2 Å². The number of hydrogen-bond acceptors (Lipinski definition) is 9. The molecular formula is C16H18N4O3S4. The molecule has 3 heterocycles. The summed E-state index contributed by atoms with van der Waals surface area (Å²) in [5.74, 6) is 0.898. The zero-order valence-corrected chi connectivity index (χ0v) is 17.9. The average molecular weight is 443 g/mol. The molecular weight excluding hydrogens is 424 g/mol. The monoisotopic (exact) mass is 442 g/mol. The first-order valence-corrected chi connectivity index (χ1v) is 11.9. The molecule has 0 saturated heterocycles. The molecule has 0 radical (unpaired) electrons. The van der Waals surface area contributed by atoms with E-state index in [9.17, 15) is 9.59 Å². The summed E-state index contributed by atoms with van der Waals surface area (Å²) >= 11 is 6.06. The van der Waals surface area contributed by atoms with Crippen molar-refractivity contribution in [2.24, 2.45) is 0 Å². The maximum atomic E-state index is 12.6. The van der Waals surface area contributed by atoms with Crippen LogP contribution >= 0.6 is 46.2 Å². The van der Waals surface area contributed by atoms with Crippen LogP contribution in [0, 0.1) is 0 Å². The first-order chi connectivity index (χ1) is 13.1. The lowest BCUT2D eigenvalue weighted by atomic mass is 10.0. The lowest BCUT2D eigenvalue weighted by molar-refractivity contribution is -0.139. The third-order valence-electron chi connectivity index (χ3n) is 3.47. The van der Waals surface area contributed by atoms with Gasteiger partial charge in [0, 0.05) is 16.3 Å². The minimum Gasteiger partial charge on any atom is -0.463 e. The molecule has 1 atom stereocenters. The molecule has 2 N–H and O–H groups in total. The van der Waals surface area contributed by atoms with Crippen molar-refractivity contribution in [1.29, 1.82) is 0 Å². The highest BCUT2D eigenvalue weighted by Crippen LogP contribution is 2.34. The number of nitrogens with zero attached hydrogens (tertiary/aromatic N) is 2. The van der Waals surface area contributed by atoms with Gasteiger partial charge in [-0.1, -0.05) is 47.9 Å². The first-order valence-electron chi connectivity index (χ1n) is 8.22. The van der Waals surface area contributed by atoms with Gasteiger partial charge in [-0.2, -0.15) is 0 Å². The van der Waals surface area contributed by atoms with Crippen molar-refractivity contribution in [3.8, 4) is 0 Å². The lowest BCUT2D eigenvalue weighted by Gasteiger charge is -2.28. The number of aromatic nitrogens is 2. The second-order valence-corrected chi connectivity index (χ2v) is 9.91. The SMILES string of the molecule is CCOC(=O)C1=C(CSc2nnc(SCC)s2)NC(=O)NC1c1cccs1. The van der Waals surface area contributed by atoms with Gasteiger partial charge < -0.3 is 15.4 Å². The Balaban J connectivity index is 1.86. The van der Waals surface area contributed by atoms with Gasteiger partial charge in [-0.15, -0.1) is 21.5 Å². The molecule has 7 nitrogen and oxygen atoms in total. The Bertz CT molecular complexity index is 835. The summed E-state index contributed by atoms with van der Waals surface area (Å²) in [5.41, 5.74) is 0.972. The number of carbonyl (C=O) groups excluding carboxylic acids is 2. The van der Waals surface area contributed by atoms with Crippen LogP contribution in [0.1, 0.15) is 24.8 Å². The number of thiophene rings is 1. The van der Waals surface area contributed by atoms with E-state index in [-0.39, 0.29) is 12.6 Å². The van der Waals surface area contributed by atoms with E-state index in [1.54, 1.807) is 18.7 Å². The fourth-order valence-electron chi connectivity index (χ4n) is 2.42. The van der Waals surface area contributed by atoms with Gasteiger partial charge in [0.05, 0.1) is 18.2 Å². The summed E-state index contributed by atoms with van der Waals surface area (Å²) in [6, 6.07) is 2.93. The minimum absolute atomic E-state index is 0.266. The predicted molar refractivity (Wildman–Crippen MR) is 109 cm³/mol. The second kappa shape index (κ2) is 9.58. The van der Waals surface area contributed by atoms with Crippen LogP contribution in [0.2, 0.25) is 0 Å². The van der Waals surface area contributed by atoms with Crippen molar-refractivity contribution in [3.63, 3.8) is 0 Å². The van der Waals surface area contributed by atoms with E-state index in [0.29, 0.717) is 17.0 Å². The third-order valence-corrected chi connectivity index (χ3v) is 7.51. The molecule has 2 aromatic heterocycles. The summed E-state index contributed by atoms with van der Waals surface area (Å²) in [7, 11) is 0. The van der Waals surface area contributed by atoms with E-state index in [0.717, 1.165) is 19.3 Å². The summed E-state index contributed by atoms with van der Waals surface area (Å²) in [6.07, 6.45) is 0. The molecule has 144 valence electrons. The average Bonchev–Trinajstić information content (AvgIpc) is 3.32. The van der Waals surface area contributed by atoms with Crippen LogP contribution < -0.4 is 10.6 Å². The normalized spacial score (nSPS) is 16.8. The van der Waals surface area contributed by atoms with Gasteiger partial charge in [-0.25, -0.2) is 9.59 Å². The lowest BCUT2D eigenvalue weighted by Crippen LogP contribution is -2.46. The highest BCUT2D eigenvalue weighted by Gasteiger charge is 2.34. The zero-order chi connectivity index (χ0) is 19.2. The number of rotatable bonds is 8. The van der Waals surface area contributed by atoms with Crippen molar-refractivity contribution in [1.82, 2.24) is 20.8 Å². The highest BCUT2D eigenvalue weighted by atomic mass is 32.2. The molecule has 1 unspecified atom stereocenters. The number of esters is 1. The molecule has 0 bridgehead atoms. The van der Waals surface area contributed by atoms with Crippen LogP contribution in [-0.2, 0) is 9.53 Å². The fourth-order valence-corrected chi connectivity index (χ4v) is 6.09.